The Morgan fingerprint density at radius 1 is 1.10 bits per heavy atom. The van der Waals surface area contributed by atoms with Crippen LogP contribution in [0, 0.1) is 17.0 Å². The van der Waals surface area contributed by atoms with E-state index in [0.29, 0.717) is 16.3 Å². The van der Waals surface area contributed by atoms with Gasteiger partial charge in [-0.1, -0.05) is 29.5 Å². The van der Waals surface area contributed by atoms with Gasteiger partial charge in [-0.2, -0.15) is 0 Å². The molecule has 0 bridgehead atoms. The number of nitrogens with zero attached hydrogens (tertiary/aromatic N) is 3. The molecule has 0 saturated heterocycles. The van der Waals surface area contributed by atoms with E-state index in [-0.39, 0.29) is 10.6 Å². The predicted molar refractivity (Wildman–Crippen MR) is 111 cm³/mol. The molecule has 29 heavy (non-hydrogen) atoms. The standard InChI is InChI=1S/C19H14N4O4S2/c1-12-7-8-15(23(24)25)11-17(12)29(26,27)22-14-5-2-4-13(10-14)18-21-16-6-3-9-20-19(16)28-18/h2-11,22H,1H3. The van der Waals surface area contributed by atoms with E-state index in [0.717, 1.165) is 22.0 Å². The molecule has 146 valence electrons. The Bertz CT molecular complexity index is 1320. The van der Waals surface area contributed by atoms with Gasteiger partial charge in [-0.15, -0.1) is 0 Å². The molecule has 4 aromatic rings. The first-order valence-corrected chi connectivity index (χ1v) is 10.7. The molecule has 1 N–H and O–H groups in total. The molecule has 8 nitrogen and oxygen atoms in total. The van der Waals surface area contributed by atoms with Crippen LogP contribution in [0.25, 0.3) is 20.9 Å². The summed E-state index contributed by atoms with van der Waals surface area (Å²) in [4.78, 5) is 19.8. The maximum atomic E-state index is 12.8. The number of nitro benzene ring substituents is 1. The van der Waals surface area contributed by atoms with Crippen molar-refractivity contribution in [2.75, 3.05) is 4.72 Å². The van der Waals surface area contributed by atoms with Gasteiger partial charge in [0.25, 0.3) is 15.7 Å². The zero-order chi connectivity index (χ0) is 20.6. The van der Waals surface area contributed by atoms with Crippen molar-refractivity contribution in [1.82, 2.24) is 9.97 Å². The van der Waals surface area contributed by atoms with Gasteiger partial charge in [0, 0.05) is 29.6 Å². The minimum Gasteiger partial charge on any atom is -0.280 e. The number of nitro groups is 1. The van der Waals surface area contributed by atoms with Crippen molar-refractivity contribution in [2.45, 2.75) is 11.8 Å². The van der Waals surface area contributed by atoms with Crippen LogP contribution in [0.15, 0.2) is 65.7 Å². The number of thiazole rings is 1. The highest BCUT2D eigenvalue weighted by molar-refractivity contribution is 7.92. The Morgan fingerprint density at radius 3 is 2.69 bits per heavy atom. The van der Waals surface area contributed by atoms with Gasteiger partial charge < -0.3 is 0 Å². The van der Waals surface area contributed by atoms with Crippen LogP contribution in [-0.4, -0.2) is 23.3 Å². The van der Waals surface area contributed by atoms with Crippen LogP contribution in [-0.2, 0) is 10.0 Å². The van der Waals surface area contributed by atoms with E-state index in [1.165, 1.54) is 23.5 Å². The Morgan fingerprint density at radius 2 is 1.93 bits per heavy atom. The van der Waals surface area contributed by atoms with E-state index in [1.54, 1.807) is 37.4 Å². The number of pyridine rings is 1. The highest BCUT2D eigenvalue weighted by Crippen LogP contribution is 2.31. The number of benzene rings is 2. The summed E-state index contributed by atoms with van der Waals surface area (Å²) in [5, 5.41) is 11.7. The normalized spacial score (nSPS) is 11.5. The molecule has 0 unspecified atom stereocenters. The molecule has 0 fully saturated rings. The molecule has 0 amide bonds. The topological polar surface area (TPSA) is 115 Å². The van der Waals surface area contributed by atoms with Crippen molar-refractivity contribution >= 4 is 43.1 Å². The SMILES string of the molecule is Cc1ccc([N+](=O)[O-])cc1S(=O)(=O)Nc1cccc(-c2nc3cccnc3s2)c1. The molecule has 0 spiro atoms. The highest BCUT2D eigenvalue weighted by Gasteiger charge is 2.21. The van der Waals surface area contributed by atoms with Crippen LogP contribution in [0.5, 0.6) is 0 Å². The first-order valence-electron chi connectivity index (χ1n) is 8.43. The van der Waals surface area contributed by atoms with Crippen molar-refractivity contribution in [3.05, 3.63) is 76.5 Å². The van der Waals surface area contributed by atoms with Gasteiger partial charge in [0.05, 0.1) is 9.82 Å². The molecule has 2 aromatic carbocycles. The lowest BCUT2D eigenvalue weighted by Crippen LogP contribution is -2.14. The lowest BCUT2D eigenvalue weighted by atomic mass is 10.2. The molecule has 0 radical (unpaired) electrons. The average Bonchev–Trinajstić information content (AvgIpc) is 3.12. The number of aryl methyl sites for hydroxylation is 1. The summed E-state index contributed by atoms with van der Waals surface area (Å²) in [5.74, 6) is 0. The predicted octanol–water partition coefficient (Wildman–Crippen LogP) is 4.38. The first kappa shape index (κ1) is 19.0. The Labute approximate surface area is 170 Å². The van der Waals surface area contributed by atoms with Crippen LogP contribution < -0.4 is 4.72 Å². The second-order valence-electron chi connectivity index (χ2n) is 6.24. The van der Waals surface area contributed by atoms with Gasteiger partial charge in [-0.3, -0.25) is 14.8 Å². The van der Waals surface area contributed by atoms with Crippen LogP contribution in [0.3, 0.4) is 0 Å². The quantitative estimate of drug-likeness (QED) is 0.374. The molecule has 0 aliphatic carbocycles. The fraction of sp³-hybridized carbons (Fsp3) is 0.0526. The maximum Gasteiger partial charge on any atom is 0.270 e. The van der Waals surface area contributed by atoms with Gasteiger partial charge in [0.15, 0.2) is 0 Å². The van der Waals surface area contributed by atoms with E-state index in [2.05, 4.69) is 14.7 Å². The van der Waals surface area contributed by atoms with Crippen LogP contribution in [0.2, 0.25) is 0 Å². The number of aromatic nitrogens is 2. The molecule has 10 heteroatoms. The van der Waals surface area contributed by atoms with E-state index >= 15 is 0 Å². The molecule has 4 rings (SSSR count). The number of fused-ring (bicyclic) bond motifs is 1. The fourth-order valence-corrected chi connectivity index (χ4v) is 5.03. The highest BCUT2D eigenvalue weighted by atomic mass is 32.2. The monoisotopic (exact) mass is 426 g/mol. The molecular weight excluding hydrogens is 412 g/mol. The molecule has 0 aliphatic rings. The smallest absolute Gasteiger partial charge is 0.270 e. The fourth-order valence-electron chi connectivity index (χ4n) is 2.81. The van der Waals surface area contributed by atoms with Gasteiger partial charge in [0.2, 0.25) is 0 Å². The number of hydrogen-bond acceptors (Lipinski definition) is 7. The van der Waals surface area contributed by atoms with Crippen molar-refractivity contribution < 1.29 is 13.3 Å². The molecule has 2 aromatic heterocycles. The Balaban J connectivity index is 1.69. The third-order valence-corrected chi connectivity index (χ3v) is 6.75. The third-order valence-electron chi connectivity index (χ3n) is 4.20. The molecule has 0 atom stereocenters. The van der Waals surface area contributed by atoms with E-state index in [1.807, 2.05) is 12.1 Å². The Hall–Kier alpha value is -3.37. The zero-order valence-electron chi connectivity index (χ0n) is 15.1. The van der Waals surface area contributed by atoms with Gasteiger partial charge >= 0.3 is 0 Å². The average molecular weight is 426 g/mol. The summed E-state index contributed by atoms with van der Waals surface area (Å²) in [6.07, 6.45) is 1.69. The summed E-state index contributed by atoms with van der Waals surface area (Å²) in [6, 6.07) is 14.2. The lowest BCUT2D eigenvalue weighted by Gasteiger charge is -2.11. The lowest BCUT2D eigenvalue weighted by molar-refractivity contribution is -0.385. The number of rotatable bonds is 5. The van der Waals surface area contributed by atoms with E-state index in [9.17, 15) is 18.5 Å². The number of anilines is 1. The van der Waals surface area contributed by atoms with E-state index < -0.39 is 14.9 Å². The molecule has 2 heterocycles. The Kier molecular flexibility index (Phi) is 4.73. The third kappa shape index (κ3) is 3.80. The van der Waals surface area contributed by atoms with Gasteiger partial charge in [-0.05, 0) is 36.8 Å². The van der Waals surface area contributed by atoms with Crippen molar-refractivity contribution in [2.24, 2.45) is 0 Å². The minimum atomic E-state index is -4.01. The zero-order valence-corrected chi connectivity index (χ0v) is 16.7. The number of non-ortho nitro benzene ring substituents is 1. The summed E-state index contributed by atoms with van der Waals surface area (Å²) in [5.41, 5.74) is 1.97. The van der Waals surface area contributed by atoms with Crippen LogP contribution in [0.4, 0.5) is 11.4 Å². The van der Waals surface area contributed by atoms with Crippen LogP contribution >= 0.6 is 11.3 Å². The molecule has 0 aliphatic heterocycles. The second-order valence-corrected chi connectivity index (χ2v) is 8.87. The van der Waals surface area contributed by atoms with Crippen LogP contribution in [0.1, 0.15) is 5.56 Å². The number of hydrogen-bond donors (Lipinski definition) is 1. The van der Waals surface area contributed by atoms with Gasteiger partial charge in [-0.25, -0.2) is 18.4 Å². The van der Waals surface area contributed by atoms with E-state index in [4.69, 9.17) is 0 Å². The summed E-state index contributed by atoms with van der Waals surface area (Å²) < 4.78 is 28.2. The second kappa shape index (κ2) is 7.22. The largest absolute Gasteiger partial charge is 0.280 e. The van der Waals surface area contributed by atoms with Crippen molar-refractivity contribution in [3.8, 4) is 10.6 Å². The molecule has 0 saturated carbocycles. The number of nitrogens with one attached hydrogen (secondary N) is 1. The summed E-state index contributed by atoms with van der Waals surface area (Å²) in [6.45, 7) is 1.59. The summed E-state index contributed by atoms with van der Waals surface area (Å²) in [7, 11) is -4.01. The maximum absolute atomic E-state index is 12.8. The number of sulfonamides is 1. The first-order chi connectivity index (χ1) is 13.8. The van der Waals surface area contributed by atoms with Crippen molar-refractivity contribution in [3.63, 3.8) is 0 Å². The summed E-state index contributed by atoms with van der Waals surface area (Å²) >= 11 is 1.41. The minimum absolute atomic E-state index is 0.138. The van der Waals surface area contributed by atoms with Gasteiger partial charge in [0.1, 0.15) is 15.4 Å². The molecular formula is C19H14N4O4S2. The van der Waals surface area contributed by atoms with Crippen molar-refractivity contribution in [1.29, 1.82) is 0 Å².